The Labute approximate surface area is 174 Å². The molecule has 1 fully saturated rings. The summed E-state index contributed by atoms with van der Waals surface area (Å²) >= 11 is 0. The molecule has 30 heavy (non-hydrogen) atoms. The number of rotatable bonds is 7. The summed E-state index contributed by atoms with van der Waals surface area (Å²) in [7, 11) is 0. The smallest absolute Gasteiger partial charge is 0.331 e. The molecule has 1 aliphatic carbocycles. The summed E-state index contributed by atoms with van der Waals surface area (Å²) in [6.45, 7) is 2.08. The molecule has 0 bridgehead atoms. The Bertz CT molecular complexity index is 1140. The van der Waals surface area contributed by atoms with E-state index in [1.807, 2.05) is 61.5 Å². The van der Waals surface area contributed by atoms with Crippen molar-refractivity contribution in [2.24, 2.45) is 5.92 Å². The Hall–Kier alpha value is -3.41. The van der Waals surface area contributed by atoms with Crippen molar-refractivity contribution in [2.75, 3.05) is 0 Å². The van der Waals surface area contributed by atoms with Gasteiger partial charge in [0.2, 0.25) is 5.91 Å². The number of aromatic nitrogens is 2. The van der Waals surface area contributed by atoms with Crippen molar-refractivity contribution in [3.63, 3.8) is 0 Å². The lowest BCUT2D eigenvalue weighted by Crippen LogP contribution is -2.44. The second-order valence-corrected chi connectivity index (χ2v) is 7.93. The lowest BCUT2D eigenvalue weighted by atomic mass is 10.0. The van der Waals surface area contributed by atoms with E-state index in [0.717, 1.165) is 34.1 Å². The molecule has 4 rings (SSSR count). The summed E-state index contributed by atoms with van der Waals surface area (Å²) in [5.74, 6) is 0.0722. The Balaban J connectivity index is 1.52. The van der Waals surface area contributed by atoms with Crippen LogP contribution in [0.25, 0.3) is 0 Å². The molecule has 3 aromatic rings. The van der Waals surface area contributed by atoms with E-state index < -0.39 is 11.2 Å². The topological polar surface area (TPSA) is 73.1 Å². The summed E-state index contributed by atoms with van der Waals surface area (Å²) < 4.78 is 2.44. The first-order chi connectivity index (χ1) is 14.5. The maximum atomic E-state index is 12.8. The van der Waals surface area contributed by atoms with Gasteiger partial charge in [0.15, 0.2) is 0 Å². The van der Waals surface area contributed by atoms with E-state index in [4.69, 9.17) is 0 Å². The van der Waals surface area contributed by atoms with Gasteiger partial charge >= 0.3 is 5.69 Å². The number of hydrogen-bond acceptors (Lipinski definition) is 3. The van der Waals surface area contributed by atoms with E-state index in [1.165, 1.54) is 16.8 Å². The largest absolute Gasteiger partial charge is 0.347 e. The predicted octanol–water partition coefficient (Wildman–Crippen LogP) is 2.63. The summed E-state index contributed by atoms with van der Waals surface area (Å²) in [5, 5.41) is 3.04. The molecule has 1 aromatic heterocycles. The predicted molar refractivity (Wildman–Crippen MR) is 115 cm³/mol. The second-order valence-electron chi connectivity index (χ2n) is 7.93. The van der Waals surface area contributed by atoms with Crippen molar-refractivity contribution >= 4 is 5.91 Å². The molecule has 6 heteroatoms. The van der Waals surface area contributed by atoms with Crippen LogP contribution in [0.4, 0.5) is 0 Å². The molecule has 6 nitrogen and oxygen atoms in total. The first kappa shape index (κ1) is 19.9. The van der Waals surface area contributed by atoms with Gasteiger partial charge < -0.3 is 5.32 Å². The normalized spacial score (nSPS) is 14.3. The minimum Gasteiger partial charge on any atom is -0.347 e. The third-order valence-electron chi connectivity index (χ3n) is 5.48. The van der Waals surface area contributed by atoms with E-state index in [2.05, 4.69) is 5.32 Å². The van der Waals surface area contributed by atoms with Crippen LogP contribution in [0.1, 0.15) is 35.6 Å². The molecule has 0 saturated heterocycles. The van der Waals surface area contributed by atoms with Gasteiger partial charge in [0.25, 0.3) is 5.56 Å². The summed E-state index contributed by atoms with van der Waals surface area (Å²) in [6, 6.07) is 18.9. The molecule has 0 radical (unpaired) electrons. The second kappa shape index (κ2) is 8.53. The highest BCUT2D eigenvalue weighted by Crippen LogP contribution is 2.41. The molecule has 1 atom stereocenters. The van der Waals surface area contributed by atoms with Crippen LogP contribution in [0.5, 0.6) is 0 Å². The van der Waals surface area contributed by atoms with E-state index in [1.54, 1.807) is 0 Å². The number of hydrogen-bond donors (Lipinski definition) is 1. The molecule has 1 unspecified atom stereocenters. The molecule has 1 aliphatic rings. The molecule has 1 heterocycles. The zero-order chi connectivity index (χ0) is 21.1. The standard InChI is InChI=1S/C24H25N3O3/c1-17-7-9-19(10-8-17)23(20-11-12-20)25-21(28)16-27-22(29)13-14-26(24(27)30)15-18-5-3-2-4-6-18/h2-10,13-14,20,23H,11-12,15-16H2,1H3,(H,25,28). The fourth-order valence-corrected chi connectivity index (χ4v) is 3.64. The number of carbonyl (C=O) groups excluding carboxylic acids is 1. The molecular weight excluding hydrogens is 378 g/mol. The Morgan fingerprint density at radius 3 is 2.40 bits per heavy atom. The Kier molecular flexibility index (Phi) is 5.65. The third-order valence-corrected chi connectivity index (χ3v) is 5.48. The summed E-state index contributed by atoms with van der Waals surface area (Å²) in [5.41, 5.74) is 2.20. The number of amides is 1. The van der Waals surface area contributed by atoms with Gasteiger partial charge in [0, 0.05) is 12.3 Å². The highest BCUT2D eigenvalue weighted by Gasteiger charge is 2.33. The van der Waals surface area contributed by atoms with E-state index in [0.29, 0.717) is 12.5 Å². The third kappa shape index (κ3) is 4.59. The van der Waals surface area contributed by atoms with Crippen LogP contribution in [0, 0.1) is 12.8 Å². The van der Waals surface area contributed by atoms with Gasteiger partial charge in [0.1, 0.15) is 6.54 Å². The van der Waals surface area contributed by atoms with Gasteiger partial charge in [-0.05, 0) is 36.8 Å². The van der Waals surface area contributed by atoms with Gasteiger partial charge in [-0.25, -0.2) is 4.79 Å². The van der Waals surface area contributed by atoms with Crippen LogP contribution < -0.4 is 16.6 Å². The highest BCUT2D eigenvalue weighted by molar-refractivity contribution is 5.76. The van der Waals surface area contributed by atoms with Gasteiger partial charge in [-0.1, -0.05) is 60.2 Å². The minimum atomic E-state index is -0.486. The van der Waals surface area contributed by atoms with Crippen LogP contribution in [0.15, 0.2) is 76.4 Å². The maximum absolute atomic E-state index is 12.8. The summed E-state index contributed by atoms with van der Waals surface area (Å²) in [6.07, 6.45) is 3.60. The fraction of sp³-hybridized carbons (Fsp3) is 0.292. The molecule has 1 saturated carbocycles. The lowest BCUT2D eigenvalue weighted by molar-refractivity contribution is -0.122. The van der Waals surface area contributed by atoms with E-state index in [9.17, 15) is 14.4 Å². The van der Waals surface area contributed by atoms with Crippen LogP contribution >= 0.6 is 0 Å². The number of carbonyl (C=O) groups is 1. The Morgan fingerprint density at radius 2 is 1.73 bits per heavy atom. The Morgan fingerprint density at radius 1 is 1.03 bits per heavy atom. The van der Waals surface area contributed by atoms with Gasteiger partial charge in [-0.3, -0.25) is 18.7 Å². The average molecular weight is 403 g/mol. The van der Waals surface area contributed by atoms with Crippen molar-refractivity contribution in [3.8, 4) is 0 Å². The molecule has 154 valence electrons. The average Bonchev–Trinajstić information content (AvgIpc) is 3.58. The van der Waals surface area contributed by atoms with Crippen molar-refractivity contribution in [3.05, 3.63) is 104 Å². The monoisotopic (exact) mass is 403 g/mol. The number of nitrogens with zero attached hydrogens (tertiary/aromatic N) is 2. The number of nitrogens with one attached hydrogen (secondary N) is 1. The van der Waals surface area contributed by atoms with Crippen LogP contribution in [0.2, 0.25) is 0 Å². The van der Waals surface area contributed by atoms with Gasteiger partial charge in [-0.15, -0.1) is 0 Å². The maximum Gasteiger partial charge on any atom is 0.331 e. The van der Waals surface area contributed by atoms with Gasteiger partial charge in [-0.2, -0.15) is 0 Å². The first-order valence-corrected chi connectivity index (χ1v) is 10.2. The molecule has 0 spiro atoms. The van der Waals surface area contributed by atoms with Crippen molar-refractivity contribution in [1.82, 2.24) is 14.5 Å². The molecular formula is C24H25N3O3. The van der Waals surface area contributed by atoms with Crippen molar-refractivity contribution in [1.29, 1.82) is 0 Å². The van der Waals surface area contributed by atoms with Crippen LogP contribution in [-0.4, -0.2) is 15.0 Å². The SMILES string of the molecule is Cc1ccc(C(NC(=O)Cn2c(=O)ccn(Cc3ccccc3)c2=O)C2CC2)cc1. The van der Waals surface area contributed by atoms with E-state index >= 15 is 0 Å². The quantitative estimate of drug-likeness (QED) is 0.659. The molecule has 1 N–H and O–H groups in total. The number of aryl methyl sites for hydroxylation is 1. The molecule has 0 aliphatic heterocycles. The molecule has 2 aromatic carbocycles. The van der Waals surface area contributed by atoms with Crippen molar-refractivity contribution < 1.29 is 4.79 Å². The zero-order valence-corrected chi connectivity index (χ0v) is 17.0. The lowest BCUT2D eigenvalue weighted by Gasteiger charge is -2.19. The minimum absolute atomic E-state index is 0.0935. The van der Waals surface area contributed by atoms with E-state index in [-0.39, 0.29) is 18.5 Å². The van der Waals surface area contributed by atoms with Gasteiger partial charge in [0.05, 0.1) is 12.6 Å². The van der Waals surface area contributed by atoms with Crippen molar-refractivity contribution in [2.45, 2.75) is 38.9 Å². The highest BCUT2D eigenvalue weighted by atomic mass is 16.2. The van der Waals surface area contributed by atoms with Crippen LogP contribution in [0.3, 0.4) is 0 Å². The first-order valence-electron chi connectivity index (χ1n) is 10.2. The molecule has 1 amide bonds. The zero-order valence-electron chi connectivity index (χ0n) is 17.0. The van der Waals surface area contributed by atoms with Crippen LogP contribution in [-0.2, 0) is 17.9 Å². The fourth-order valence-electron chi connectivity index (χ4n) is 3.64. The summed E-state index contributed by atoms with van der Waals surface area (Å²) in [4.78, 5) is 37.9. The number of benzene rings is 2.